The molecule has 0 saturated heterocycles. The van der Waals surface area contributed by atoms with Crippen molar-refractivity contribution in [1.29, 1.82) is 0 Å². The van der Waals surface area contributed by atoms with Gasteiger partial charge in [0.15, 0.2) is 0 Å². The van der Waals surface area contributed by atoms with Crippen LogP contribution in [0.25, 0.3) is 0 Å². The van der Waals surface area contributed by atoms with Gasteiger partial charge >= 0.3 is 0 Å². The molecule has 7 nitrogen and oxygen atoms in total. The third-order valence-corrected chi connectivity index (χ3v) is 6.37. The van der Waals surface area contributed by atoms with Crippen molar-refractivity contribution in [1.82, 2.24) is 10.2 Å². The number of rotatable bonds is 9. The SMILES string of the molecule is CC[C@@H](C(=O)NC)N(Cc1cccc(C)c1)C(=O)CN(c1ccc(F)c(Cl)c1)S(C)(=O)=O. The van der Waals surface area contributed by atoms with E-state index in [0.717, 1.165) is 33.8 Å². The van der Waals surface area contributed by atoms with Crippen LogP contribution in [0.3, 0.4) is 0 Å². The van der Waals surface area contributed by atoms with E-state index in [0.29, 0.717) is 6.42 Å². The van der Waals surface area contributed by atoms with Crippen LogP contribution in [0.2, 0.25) is 5.02 Å². The molecule has 0 unspecified atom stereocenters. The maximum absolute atomic E-state index is 13.6. The molecular weight excluding hydrogens is 457 g/mol. The molecule has 174 valence electrons. The van der Waals surface area contributed by atoms with Crippen molar-refractivity contribution in [2.45, 2.75) is 32.9 Å². The Labute approximate surface area is 193 Å². The number of benzene rings is 2. The molecular formula is C22H27ClFN3O4S. The number of aryl methyl sites for hydroxylation is 1. The van der Waals surface area contributed by atoms with Crippen molar-refractivity contribution < 1.29 is 22.4 Å². The van der Waals surface area contributed by atoms with Gasteiger partial charge in [0, 0.05) is 13.6 Å². The number of likely N-dealkylation sites (N-methyl/N-ethyl adjacent to an activating group) is 1. The van der Waals surface area contributed by atoms with Gasteiger partial charge in [0.1, 0.15) is 18.4 Å². The van der Waals surface area contributed by atoms with E-state index in [9.17, 15) is 22.4 Å². The lowest BCUT2D eigenvalue weighted by Crippen LogP contribution is -2.51. The number of hydrogen-bond donors (Lipinski definition) is 1. The summed E-state index contributed by atoms with van der Waals surface area (Å²) in [6.45, 7) is 3.23. The summed E-state index contributed by atoms with van der Waals surface area (Å²) in [7, 11) is -2.43. The summed E-state index contributed by atoms with van der Waals surface area (Å²) in [6, 6.07) is 10.1. The average molecular weight is 484 g/mol. The lowest BCUT2D eigenvalue weighted by Gasteiger charge is -2.32. The van der Waals surface area contributed by atoms with E-state index in [1.807, 2.05) is 31.2 Å². The van der Waals surface area contributed by atoms with Gasteiger partial charge in [-0.2, -0.15) is 0 Å². The zero-order valence-corrected chi connectivity index (χ0v) is 20.0. The first kappa shape index (κ1) is 25.6. The molecule has 0 spiro atoms. The van der Waals surface area contributed by atoms with E-state index in [1.54, 1.807) is 6.92 Å². The Bertz CT molecular complexity index is 1090. The molecule has 2 aromatic rings. The molecule has 0 aliphatic carbocycles. The minimum Gasteiger partial charge on any atom is -0.357 e. The zero-order valence-electron chi connectivity index (χ0n) is 18.4. The smallest absolute Gasteiger partial charge is 0.244 e. The first-order valence-corrected chi connectivity index (χ1v) is 12.2. The number of hydrogen-bond acceptors (Lipinski definition) is 4. The van der Waals surface area contributed by atoms with E-state index in [1.165, 1.54) is 18.0 Å². The lowest BCUT2D eigenvalue weighted by molar-refractivity contribution is -0.140. The van der Waals surface area contributed by atoms with Crippen LogP contribution in [0, 0.1) is 12.7 Å². The number of amides is 2. The van der Waals surface area contributed by atoms with Crippen molar-refractivity contribution in [3.63, 3.8) is 0 Å². The number of carbonyl (C=O) groups excluding carboxylic acids is 2. The molecule has 0 fully saturated rings. The summed E-state index contributed by atoms with van der Waals surface area (Å²) in [5.74, 6) is -1.64. The summed E-state index contributed by atoms with van der Waals surface area (Å²) in [6.07, 6.45) is 1.27. The van der Waals surface area contributed by atoms with E-state index < -0.39 is 34.3 Å². The monoisotopic (exact) mass is 483 g/mol. The van der Waals surface area contributed by atoms with E-state index >= 15 is 0 Å². The third-order valence-electron chi connectivity index (χ3n) is 4.94. The quantitative estimate of drug-likeness (QED) is 0.593. The normalized spacial score (nSPS) is 12.2. The number of nitrogens with one attached hydrogen (secondary N) is 1. The Morgan fingerprint density at radius 2 is 1.88 bits per heavy atom. The van der Waals surface area contributed by atoms with Crippen LogP contribution in [-0.4, -0.2) is 51.0 Å². The molecule has 0 aliphatic heterocycles. The Morgan fingerprint density at radius 1 is 1.19 bits per heavy atom. The van der Waals surface area contributed by atoms with Crippen LogP contribution in [0.1, 0.15) is 24.5 Å². The molecule has 1 atom stereocenters. The molecule has 2 aromatic carbocycles. The molecule has 32 heavy (non-hydrogen) atoms. The minimum atomic E-state index is -3.91. The first-order valence-electron chi connectivity index (χ1n) is 9.97. The van der Waals surface area contributed by atoms with Crippen LogP contribution in [0.5, 0.6) is 0 Å². The number of halogens is 2. The molecule has 1 N–H and O–H groups in total. The summed E-state index contributed by atoms with van der Waals surface area (Å²) < 4.78 is 39.3. The second-order valence-electron chi connectivity index (χ2n) is 7.42. The summed E-state index contributed by atoms with van der Waals surface area (Å²) in [5, 5.41) is 2.29. The highest BCUT2D eigenvalue weighted by atomic mass is 35.5. The highest BCUT2D eigenvalue weighted by molar-refractivity contribution is 7.92. The summed E-state index contributed by atoms with van der Waals surface area (Å²) in [5.41, 5.74) is 1.84. The predicted molar refractivity (Wildman–Crippen MR) is 123 cm³/mol. The van der Waals surface area contributed by atoms with E-state index in [2.05, 4.69) is 5.32 Å². The maximum atomic E-state index is 13.6. The third kappa shape index (κ3) is 6.43. The van der Waals surface area contributed by atoms with Crippen molar-refractivity contribution in [3.8, 4) is 0 Å². The van der Waals surface area contributed by atoms with Crippen molar-refractivity contribution >= 4 is 39.1 Å². The topological polar surface area (TPSA) is 86.8 Å². The second kappa shape index (κ2) is 10.8. The van der Waals surface area contributed by atoms with Crippen molar-refractivity contribution in [3.05, 3.63) is 64.4 Å². The molecule has 10 heteroatoms. The molecule has 2 amide bonds. The molecule has 0 bridgehead atoms. The zero-order chi connectivity index (χ0) is 24.1. The van der Waals surface area contributed by atoms with Gasteiger partial charge in [-0.25, -0.2) is 12.8 Å². The van der Waals surface area contributed by atoms with Crippen LogP contribution < -0.4 is 9.62 Å². The number of carbonyl (C=O) groups is 2. The molecule has 0 radical (unpaired) electrons. The Morgan fingerprint density at radius 3 is 2.41 bits per heavy atom. The highest BCUT2D eigenvalue weighted by Crippen LogP contribution is 2.25. The molecule has 0 saturated carbocycles. The second-order valence-corrected chi connectivity index (χ2v) is 9.73. The van der Waals surface area contributed by atoms with Gasteiger partial charge in [-0.1, -0.05) is 48.4 Å². The molecule has 0 aliphatic rings. The van der Waals surface area contributed by atoms with Gasteiger partial charge in [0.2, 0.25) is 21.8 Å². The van der Waals surface area contributed by atoms with Crippen molar-refractivity contribution in [2.75, 3.05) is 24.2 Å². The van der Waals surface area contributed by atoms with Crippen molar-refractivity contribution in [2.24, 2.45) is 0 Å². The van der Waals surface area contributed by atoms with Gasteiger partial charge in [0.05, 0.1) is 17.0 Å². The van der Waals surface area contributed by atoms with Crippen LogP contribution in [0.15, 0.2) is 42.5 Å². The van der Waals surface area contributed by atoms with Gasteiger partial charge in [-0.05, 0) is 37.1 Å². The van der Waals surface area contributed by atoms with Gasteiger partial charge in [-0.15, -0.1) is 0 Å². The van der Waals surface area contributed by atoms with E-state index in [-0.39, 0.29) is 23.2 Å². The highest BCUT2D eigenvalue weighted by Gasteiger charge is 2.31. The predicted octanol–water partition coefficient (Wildman–Crippen LogP) is 3.11. The summed E-state index contributed by atoms with van der Waals surface area (Å²) >= 11 is 5.82. The molecule has 2 rings (SSSR count). The maximum Gasteiger partial charge on any atom is 0.244 e. The fourth-order valence-electron chi connectivity index (χ4n) is 3.35. The Balaban J connectivity index is 2.45. The Hall–Kier alpha value is -2.65. The summed E-state index contributed by atoms with van der Waals surface area (Å²) in [4.78, 5) is 27.2. The number of nitrogens with zero attached hydrogens (tertiary/aromatic N) is 2. The van der Waals surface area contributed by atoms with Gasteiger partial charge in [0.25, 0.3) is 0 Å². The minimum absolute atomic E-state index is 0.0516. The van der Waals surface area contributed by atoms with Crippen LogP contribution in [0.4, 0.5) is 10.1 Å². The van der Waals surface area contributed by atoms with E-state index in [4.69, 9.17) is 11.6 Å². The molecule has 0 aromatic heterocycles. The fraction of sp³-hybridized carbons (Fsp3) is 0.364. The Kier molecular flexibility index (Phi) is 8.63. The van der Waals surface area contributed by atoms with Crippen LogP contribution in [-0.2, 0) is 26.2 Å². The first-order chi connectivity index (χ1) is 15.0. The lowest BCUT2D eigenvalue weighted by atomic mass is 10.1. The standard InChI is InChI=1S/C22H27ClFN3O4S/c1-5-20(22(29)25-3)26(13-16-8-6-7-15(2)11-16)21(28)14-27(32(4,30)31)17-9-10-19(24)18(23)12-17/h6-12,20H,5,13-14H2,1-4H3,(H,25,29)/t20-/m0/s1. The average Bonchev–Trinajstić information content (AvgIpc) is 2.72. The van der Waals surface area contributed by atoms with Gasteiger partial charge < -0.3 is 10.2 Å². The number of sulfonamides is 1. The fourth-order valence-corrected chi connectivity index (χ4v) is 4.36. The molecule has 0 heterocycles. The van der Waals surface area contributed by atoms with Crippen LogP contribution >= 0.6 is 11.6 Å². The largest absolute Gasteiger partial charge is 0.357 e. The number of anilines is 1. The van der Waals surface area contributed by atoms with Gasteiger partial charge in [-0.3, -0.25) is 13.9 Å².